The molecule has 1 N–H and O–H groups in total. The molecule has 3 aromatic rings. The van der Waals surface area contributed by atoms with E-state index in [1.165, 1.54) is 24.0 Å². The van der Waals surface area contributed by atoms with Crippen LogP contribution in [-0.4, -0.2) is 57.8 Å². The number of ether oxygens (including phenoxy) is 1. The van der Waals surface area contributed by atoms with Crippen molar-refractivity contribution in [3.05, 3.63) is 41.0 Å². The Balaban J connectivity index is 1.86. The van der Waals surface area contributed by atoms with Crippen LogP contribution < -0.4 is 4.90 Å². The summed E-state index contributed by atoms with van der Waals surface area (Å²) in [6.45, 7) is 4.94. The molecule has 0 radical (unpaired) electrons. The molecule has 1 unspecified atom stereocenters. The number of alkyl halides is 3. The maximum Gasteiger partial charge on any atom is 0.434 e. The predicted octanol–water partition coefficient (Wildman–Crippen LogP) is 3.23. The van der Waals surface area contributed by atoms with Crippen LogP contribution in [0.3, 0.4) is 0 Å². The van der Waals surface area contributed by atoms with Crippen molar-refractivity contribution in [3.8, 4) is 0 Å². The number of halogens is 3. The molecule has 0 amide bonds. The number of carboxylic acids is 1. The molecule has 0 fully saturated rings. The van der Waals surface area contributed by atoms with Gasteiger partial charge in [0.05, 0.1) is 22.0 Å². The van der Waals surface area contributed by atoms with Crippen molar-refractivity contribution in [2.24, 2.45) is 5.92 Å². The Kier molecular flexibility index (Phi) is 6.84. The number of hydrogen-bond donors (Lipinski definition) is 1. The first-order valence-corrected chi connectivity index (χ1v) is 13.3. The summed E-state index contributed by atoms with van der Waals surface area (Å²) < 4.78 is 72.6. The number of anilines is 1. The quantitative estimate of drug-likeness (QED) is 0.450. The number of sulfone groups is 1. The third-order valence-electron chi connectivity index (χ3n) is 6.12. The van der Waals surface area contributed by atoms with E-state index >= 15 is 0 Å². The number of imidazole rings is 1. The summed E-state index contributed by atoms with van der Waals surface area (Å²) in [7, 11) is -3.71. The van der Waals surface area contributed by atoms with Gasteiger partial charge in [0.1, 0.15) is 18.0 Å². The average molecular weight is 556 g/mol. The second kappa shape index (κ2) is 9.53. The molecule has 2 aromatic heterocycles. The van der Waals surface area contributed by atoms with Crippen LogP contribution in [0.15, 0.2) is 23.2 Å². The van der Waals surface area contributed by atoms with Crippen LogP contribution in [0.5, 0.6) is 0 Å². The van der Waals surface area contributed by atoms with Gasteiger partial charge in [0.15, 0.2) is 15.5 Å². The number of benzene rings is 1. The lowest BCUT2D eigenvalue weighted by Gasteiger charge is -2.38. The van der Waals surface area contributed by atoms with Crippen molar-refractivity contribution >= 4 is 38.8 Å². The zero-order chi connectivity index (χ0) is 28.2. The van der Waals surface area contributed by atoms with Gasteiger partial charge < -0.3 is 19.3 Å². The molecule has 0 spiro atoms. The van der Waals surface area contributed by atoms with Gasteiger partial charge in [0, 0.05) is 38.0 Å². The van der Waals surface area contributed by atoms with E-state index in [9.17, 15) is 36.3 Å². The number of fused-ring (bicyclic) bond motifs is 3. The first kappa shape index (κ1) is 27.3. The topological polar surface area (TPSA) is 145 Å². The lowest BCUT2D eigenvalue weighted by Crippen LogP contribution is -2.42. The molecule has 1 aliphatic heterocycles. The molecule has 204 valence electrons. The molecule has 38 heavy (non-hydrogen) atoms. The molecule has 0 bridgehead atoms. The molecule has 11 nitrogen and oxygen atoms in total. The molecular weight excluding hydrogens is 531 g/mol. The smallest absolute Gasteiger partial charge is 0.434 e. The standard InChI is InChI=1S/C23H24F3N5O6S/c1-11(2)18-20-28-15-7-13(10-37-12(3)32)17(38(4,35)36)8-16(15)30(20)5-6-31(18)22-27-9-14(21(33)34)19(29-22)23(24,25)26/h7-9,11,18H,5-6,10H2,1-4H3,(H,33,34). The number of nitrogens with zero attached hydrogens (tertiary/aromatic N) is 5. The zero-order valence-electron chi connectivity index (χ0n) is 20.8. The number of esters is 1. The third-order valence-corrected chi connectivity index (χ3v) is 7.30. The highest BCUT2D eigenvalue weighted by Gasteiger charge is 2.40. The monoisotopic (exact) mass is 555 g/mol. The maximum absolute atomic E-state index is 13.6. The maximum atomic E-state index is 13.6. The van der Waals surface area contributed by atoms with Gasteiger partial charge in [-0.1, -0.05) is 13.8 Å². The molecule has 1 atom stereocenters. The highest BCUT2D eigenvalue weighted by Crippen LogP contribution is 2.38. The van der Waals surface area contributed by atoms with Gasteiger partial charge >= 0.3 is 18.1 Å². The van der Waals surface area contributed by atoms with Crippen LogP contribution in [-0.2, 0) is 38.7 Å². The van der Waals surface area contributed by atoms with Crippen LogP contribution in [0.2, 0.25) is 0 Å². The van der Waals surface area contributed by atoms with Crippen LogP contribution in [0.25, 0.3) is 11.0 Å². The SMILES string of the molecule is CC(=O)OCc1cc2nc3n(c2cc1S(C)(=O)=O)CCN(c1ncc(C(=O)O)c(C(F)(F)F)n1)C3C(C)C. The Hall–Kier alpha value is -3.75. The molecule has 0 aliphatic carbocycles. The van der Waals surface area contributed by atoms with Crippen molar-refractivity contribution < 1.29 is 41.0 Å². The fourth-order valence-electron chi connectivity index (χ4n) is 4.56. The fourth-order valence-corrected chi connectivity index (χ4v) is 5.48. The van der Waals surface area contributed by atoms with Gasteiger partial charge in [0.2, 0.25) is 5.95 Å². The Morgan fingerprint density at radius 2 is 1.89 bits per heavy atom. The predicted molar refractivity (Wildman–Crippen MR) is 127 cm³/mol. The van der Waals surface area contributed by atoms with E-state index < -0.39 is 45.3 Å². The molecule has 15 heteroatoms. The first-order valence-electron chi connectivity index (χ1n) is 11.4. The van der Waals surface area contributed by atoms with E-state index in [0.29, 0.717) is 23.1 Å². The van der Waals surface area contributed by atoms with Gasteiger partial charge in [-0.25, -0.2) is 28.2 Å². The number of aromatic nitrogens is 4. The lowest BCUT2D eigenvalue weighted by atomic mass is 10.00. The second-order valence-corrected chi connectivity index (χ2v) is 11.2. The van der Waals surface area contributed by atoms with Crippen LogP contribution in [0, 0.1) is 5.92 Å². The summed E-state index contributed by atoms with van der Waals surface area (Å²) in [6, 6.07) is 2.35. The Morgan fingerprint density at radius 3 is 2.45 bits per heavy atom. The minimum atomic E-state index is -5.01. The van der Waals surface area contributed by atoms with Gasteiger partial charge in [0.25, 0.3) is 0 Å². The number of aromatic carboxylic acids is 1. The molecule has 0 saturated carbocycles. The van der Waals surface area contributed by atoms with Gasteiger partial charge in [-0.05, 0) is 18.1 Å². The van der Waals surface area contributed by atoms with Gasteiger partial charge in [-0.15, -0.1) is 0 Å². The Bertz CT molecular complexity index is 1550. The number of carbonyl (C=O) groups is 2. The molecule has 3 heterocycles. The largest absolute Gasteiger partial charge is 0.478 e. The second-order valence-electron chi connectivity index (χ2n) is 9.24. The third kappa shape index (κ3) is 5.01. The normalized spacial score (nSPS) is 16.1. The summed E-state index contributed by atoms with van der Waals surface area (Å²) in [5.74, 6) is -2.44. The minimum Gasteiger partial charge on any atom is -0.478 e. The summed E-state index contributed by atoms with van der Waals surface area (Å²) in [6.07, 6.45) is -3.34. The average Bonchev–Trinajstić information content (AvgIpc) is 3.17. The van der Waals surface area contributed by atoms with E-state index in [1.807, 2.05) is 13.8 Å². The van der Waals surface area contributed by atoms with Crippen LogP contribution in [0.1, 0.15) is 54.3 Å². The van der Waals surface area contributed by atoms with E-state index in [1.54, 1.807) is 4.57 Å². The molecule has 1 aromatic carbocycles. The van der Waals surface area contributed by atoms with Crippen molar-refractivity contribution in [3.63, 3.8) is 0 Å². The van der Waals surface area contributed by atoms with Gasteiger partial charge in [-0.2, -0.15) is 13.2 Å². The van der Waals surface area contributed by atoms with Crippen LogP contribution >= 0.6 is 0 Å². The highest BCUT2D eigenvalue weighted by molar-refractivity contribution is 7.90. The summed E-state index contributed by atoms with van der Waals surface area (Å²) in [5, 5.41) is 9.17. The minimum absolute atomic E-state index is 0.0279. The molecule has 0 saturated heterocycles. The van der Waals surface area contributed by atoms with Crippen molar-refractivity contribution in [2.45, 2.75) is 51.0 Å². The highest BCUT2D eigenvalue weighted by atomic mass is 32.2. The van der Waals surface area contributed by atoms with Crippen molar-refractivity contribution in [1.82, 2.24) is 19.5 Å². The van der Waals surface area contributed by atoms with E-state index in [-0.39, 0.29) is 42.0 Å². The number of carbonyl (C=O) groups excluding carboxylic acids is 1. The number of carboxylic acid groups (broad SMARTS) is 1. The molecule has 4 rings (SSSR count). The molecular formula is C23H24F3N5O6S. The van der Waals surface area contributed by atoms with E-state index in [0.717, 1.165) is 6.26 Å². The number of hydrogen-bond acceptors (Lipinski definition) is 9. The number of rotatable bonds is 6. The summed E-state index contributed by atoms with van der Waals surface area (Å²) in [4.78, 5) is 36.3. The molecule has 1 aliphatic rings. The first-order chi connectivity index (χ1) is 17.6. The summed E-state index contributed by atoms with van der Waals surface area (Å²) in [5.41, 5.74) is -1.45. The van der Waals surface area contributed by atoms with Crippen LogP contribution in [0.4, 0.5) is 19.1 Å². The zero-order valence-corrected chi connectivity index (χ0v) is 21.6. The Morgan fingerprint density at radius 1 is 1.21 bits per heavy atom. The fraction of sp³-hybridized carbons (Fsp3) is 0.435. The van der Waals surface area contributed by atoms with E-state index in [4.69, 9.17) is 4.74 Å². The van der Waals surface area contributed by atoms with Gasteiger partial charge in [-0.3, -0.25) is 4.79 Å². The van der Waals surface area contributed by atoms with Crippen molar-refractivity contribution in [1.29, 1.82) is 0 Å². The lowest BCUT2D eigenvalue weighted by molar-refractivity contribution is -0.142. The van der Waals surface area contributed by atoms with Crippen molar-refractivity contribution in [2.75, 3.05) is 17.7 Å². The Labute approximate surface area is 215 Å². The summed E-state index contributed by atoms with van der Waals surface area (Å²) >= 11 is 0. The van der Waals surface area contributed by atoms with E-state index in [2.05, 4.69) is 15.0 Å².